The van der Waals surface area contributed by atoms with Crippen LogP contribution in [0.5, 0.6) is 0 Å². The van der Waals surface area contributed by atoms with Gasteiger partial charge in [-0.05, 0) is 49.4 Å². The summed E-state index contributed by atoms with van der Waals surface area (Å²) in [5.41, 5.74) is 0.464. The van der Waals surface area contributed by atoms with Gasteiger partial charge >= 0.3 is 11.7 Å². The SMILES string of the molecule is Cc1nn(-c2ccc(F)cc2)c2sc(C(=O)OCC(=O)Nc3ccc(F)c([N+](=O)[O-])c3)cc12. The van der Waals surface area contributed by atoms with E-state index < -0.39 is 34.9 Å². The molecule has 0 atom stereocenters. The number of thiophene rings is 1. The number of nitro benzene ring substituents is 1. The van der Waals surface area contributed by atoms with Gasteiger partial charge < -0.3 is 10.1 Å². The van der Waals surface area contributed by atoms with Gasteiger partial charge in [-0.25, -0.2) is 13.9 Å². The van der Waals surface area contributed by atoms with Crippen molar-refractivity contribution in [2.75, 3.05) is 11.9 Å². The third-order valence-corrected chi connectivity index (χ3v) is 5.67. The lowest BCUT2D eigenvalue weighted by molar-refractivity contribution is -0.387. The van der Waals surface area contributed by atoms with Crippen LogP contribution in [0.15, 0.2) is 48.5 Å². The lowest BCUT2D eigenvalue weighted by Crippen LogP contribution is -2.20. The zero-order valence-corrected chi connectivity index (χ0v) is 17.7. The van der Waals surface area contributed by atoms with Crippen LogP contribution in [0.1, 0.15) is 15.4 Å². The fourth-order valence-corrected chi connectivity index (χ4v) is 4.11. The van der Waals surface area contributed by atoms with Crippen LogP contribution in [0.2, 0.25) is 0 Å². The van der Waals surface area contributed by atoms with Crippen molar-refractivity contribution in [1.82, 2.24) is 9.78 Å². The van der Waals surface area contributed by atoms with Crippen LogP contribution >= 0.6 is 11.3 Å². The highest BCUT2D eigenvalue weighted by molar-refractivity contribution is 7.20. The molecule has 4 aromatic rings. The highest BCUT2D eigenvalue weighted by atomic mass is 32.1. The molecule has 2 aromatic heterocycles. The number of ether oxygens (including phenoxy) is 1. The largest absolute Gasteiger partial charge is 0.451 e. The molecule has 0 radical (unpaired) electrons. The maximum atomic E-state index is 13.4. The maximum absolute atomic E-state index is 13.4. The summed E-state index contributed by atoms with van der Waals surface area (Å²) in [6, 6.07) is 10.2. The first-order valence-electron chi connectivity index (χ1n) is 9.39. The number of aromatic nitrogens is 2. The van der Waals surface area contributed by atoms with Crippen LogP contribution in [0.25, 0.3) is 15.9 Å². The number of nitro groups is 1. The smallest absolute Gasteiger partial charge is 0.348 e. The Balaban J connectivity index is 1.45. The molecule has 0 spiro atoms. The van der Waals surface area contributed by atoms with E-state index in [1.54, 1.807) is 29.8 Å². The summed E-state index contributed by atoms with van der Waals surface area (Å²) in [4.78, 5) is 35.3. The minimum absolute atomic E-state index is 0.0129. The molecular weight excluding hydrogens is 458 g/mol. The Morgan fingerprint density at radius 1 is 1.18 bits per heavy atom. The number of esters is 1. The molecule has 1 N–H and O–H groups in total. The van der Waals surface area contributed by atoms with E-state index in [-0.39, 0.29) is 16.4 Å². The molecule has 0 aliphatic rings. The summed E-state index contributed by atoms with van der Waals surface area (Å²) in [7, 11) is 0. The zero-order chi connectivity index (χ0) is 23.7. The Labute approximate surface area is 188 Å². The number of nitrogens with one attached hydrogen (secondary N) is 1. The Morgan fingerprint density at radius 3 is 2.61 bits per heavy atom. The van der Waals surface area contributed by atoms with Crippen molar-refractivity contribution in [1.29, 1.82) is 0 Å². The van der Waals surface area contributed by atoms with Crippen LogP contribution < -0.4 is 5.32 Å². The number of rotatable bonds is 6. The number of nitrogens with zero attached hydrogens (tertiary/aromatic N) is 3. The van der Waals surface area contributed by atoms with Crippen LogP contribution in [0.3, 0.4) is 0 Å². The Bertz CT molecular complexity index is 1400. The highest BCUT2D eigenvalue weighted by Crippen LogP contribution is 2.31. The van der Waals surface area contributed by atoms with Crippen LogP contribution in [0, 0.1) is 28.7 Å². The number of amides is 1. The van der Waals surface area contributed by atoms with E-state index in [0.717, 1.165) is 29.5 Å². The van der Waals surface area contributed by atoms with Crippen LogP contribution in [-0.2, 0) is 9.53 Å². The van der Waals surface area contributed by atoms with Crippen molar-refractivity contribution < 1.29 is 28.0 Å². The molecule has 9 nitrogen and oxygen atoms in total. The van der Waals surface area contributed by atoms with Gasteiger partial charge in [-0.2, -0.15) is 9.49 Å². The van der Waals surface area contributed by atoms with E-state index in [9.17, 15) is 28.5 Å². The summed E-state index contributed by atoms with van der Waals surface area (Å²) >= 11 is 1.10. The van der Waals surface area contributed by atoms with Gasteiger partial charge in [-0.1, -0.05) is 0 Å². The number of aryl methyl sites for hydroxylation is 1. The fraction of sp³-hybridized carbons (Fsp3) is 0.0952. The third-order valence-electron chi connectivity index (χ3n) is 4.58. The zero-order valence-electron chi connectivity index (χ0n) is 16.9. The second kappa shape index (κ2) is 8.74. The Kier molecular flexibility index (Phi) is 5.84. The van der Waals surface area contributed by atoms with Crippen LogP contribution in [-0.4, -0.2) is 33.2 Å². The Morgan fingerprint density at radius 2 is 1.91 bits per heavy atom. The van der Waals surface area contributed by atoms with Crippen molar-refractivity contribution in [3.63, 3.8) is 0 Å². The molecule has 0 fully saturated rings. The summed E-state index contributed by atoms with van der Waals surface area (Å²) in [5.74, 6) is -2.92. The van der Waals surface area contributed by atoms with Gasteiger partial charge in [0.05, 0.1) is 16.3 Å². The average Bonchev–Trinajstić information content (AvgIpc) is 3.34. The summed E-state index contributed by atoms with van der Waals surface area (Å²) in [6.45, 7) is 1.11. The minimum Gasteiger partial charge on any atom is -0.451 e. The molecule has 0 bridgehead atoms. The van der Waals surface area contributed by atoms with Crippen molar-refractivity contribution in [3.8, 4) is 5.69 Å². The number of carbonyl (C=O) groups is 2. The predicted molar refractivity (Wildman–Crippen MR) is 116 cm³/mol. The summed E-state index contributed by atoms with van der Waals surface area (Å²) in [5, 5.41) is 18.2. The first kappa shape index (κ1) is 22.0. The second-order valence-corrected chi connectivity index (χ2v) is 7.88. The maximum Gasteiger partial charge on any atom is 0.348 e. The molecule has 2 heterocycles. The number of anilines is 1. The van der Waals surface area contributed by atoms with E-state index >= 15 is 0 Å². The van der Waals surface area contributed by atoms with E-state index in [2.05, 4.69) is 10.4 Å². The Hall–Kier alpha value is -4.19. The minimum atomic E-state index is -1.04. The fourth-order valence-electron chi connectivity index (χ4n) is 3.03. The first-order chi connectivity index (χ1) is 15.7. The topological polar surface area (TPSA) is 116 Å². The standard InChI is InChI=1S/C21H14F2N4O5S/c1-11-15-9-18(33-20(15)26(25-11)14-5-2-12(22)3-6-14)21(29)32-10-19(28)24-13-4-7-16(23)17(8-13)27(30)31/h2-9H,10H2,1H3,(H,24,28). The van der Waals surface area contributed by atoms with Gasteiger partial charge in [0.2, 0.25) is 5.82 Å². The lowest BCUT2D eigenvalue weighted by Gasteiger charge is -2.06. The molecule has 12 heteroatoms. The number of hydrogen-bond donors (Lipinski definition) is 1. The normalized spacial score (nSPS) is 10.9. The van der Waals surface area contributed by atoms with Crippen molar-refractivity contribution in [3.05, 3.63) is 80.9 Å². The quantitative estimate of drug-likeness (QED) is 0.253. The second-order valence-electron chi connectivity index (χ2n) is 6.85. The number of benzene rings is 2. The molecule has 4 rings (SSSR count). The number of hydrogen-bond acceptors (Lipinski definition) is 7. The predicted octanol–water partition coefficient (Wildman–Crippen LogP) is 4.38. The lowest BCUT2D eigenvalue weighted by atomic mass is 10.2. The molecule has 0 saturated carbocycles. The molecule has 2 aromatic carbocycles. The number of halogens is 2. The summed E-state index contributed by atoms with van der Waals surface area (Å²) < 4.78 is 33.2. The van der Waals surface area contributed by atoms with Gasteiger partial charge in [0.25, 0.3) is 5.91 Å². The average molecular weight is 472 g/mol. The number of fused-ring (bicyclic) bond motifs is 1. The van der Waals surface area contributed by atoms with Crippen LogP contribution in [0.4, 0.5) is 20.2 Å². The molecule has 0 aliphatic heterocycles. The van der Waals surface area contributed by atoms with Gasteiger partial charge in [-0.15, -0.1) is 11.3 Å². The van der Waals surface area contributed by atoms with E-state index in [4.69, 9.17) is 4.74 Å². The molecule has 0 aliphatic carbocycles. The van der Waals surface area contributed by atoms with E-state index in [1.165, 1.54) is 12.1 Å². The molecule has 33 heavy (non-hydrogen) atoms. The first-order valence-corrected chi connectivity index (χ1v) is 10.2. The highest BCUT2D eigenvalue weighted by Gasteiger charge is 2.20. The van der Waals surface area contributed by atoms with Gasteiger partial charge in [0, 0.05) is 17.1 Å². The van der Waals surface area contributed by atoms with Gasteiger partial charge in [0.1, 0.15) is 15.5 Å². The van der Waals surface area contributed by atoms with E-state index in [0.29, 0.717) is 21.6 Å². The van der Waals surface area contributed by atoms with Gasteiger partial charge in [0.15, 0.2) is 6.61 Å². The van der Waals surface area contributed by atoms with Crippen molar-refractivity contribution in [2.45, 2.75) is 6.92 Å². The third kappa shape index (κ3) is 4.55. The van der Waals surface area contributed by atoms with Crippen molar-refractivity contribution in [2.24, 2.45) is 0 Å². The molecular formula is C21H14F2N4O5S. The van der Waals surface area contributed by atoms with Crippen molar-refractivity contribution >= 4 is 44.8 Å². The van der Waals surface area contributed by atoms with E-state index in [1.807, 2.05) is 0 Å². The molecule has 168 valence electrons. The monoisotopic (exact) mass is 472 g/mol. The summed E-state index contributed by atoms with van der Waals surface area (Å²) in [6.07, 6.45) is 0. The number of carbonyl (C=O) groups excluding carboxylic acids is 2. The molecule has 0 unspecified atom stereocenters. The van der Waals surface area contributed by atoms with Gasteiger partial charge in [-0.3, -0.25) is 14.9 Å². The molecule has 1 amide bonds. The molecule has 0 saturated heterocycles.